The van der Waals surface area contributed by atoms with E-state index in [9.17, 15) is 8.42 Å². The minimum absolute atomic E-state index is 0.414. The van der Waals surface area contributed by atoms with E-state index in [0.717, 1.165) is 22.1 Å². The lowest BCUT2D eigenvalue weighted by atomic mass is 10.2. The van der Waals surface area contributed by atoms with E-state index in [1.165, 1.54) is 11.3 Å². The van der Waals surface area contributed by atoms with Crippen LogP contribution in [-0.2, 0) is 10.0 Å². The zero-order valence-electron chi connectivity index (χ0n) is 14.6. The largest absolute Gasteiger partial charge is 0.497 e. The van der Waals surface area contributed by atoms with Crippen LogP contribution in [0.5, 0.6) is 11.5 Å². The Morgan fingerprint density at radius 1 is 1.00 bits per heavy atom. The first kappa shape index (κ1) is 18.0. The quantitative estimate of drug-likeness (QED) is 0.796. The normalized spacial score (nSPS) is 16.0. The highest BCUT2D eigenvalue weighted by atomic mass is 32.2. The molecule has 25 heavy (non-hydrogen) atoms. The lowest BCUT2D eigenvalue weighted by Gasteiger charge is -2.35. The number of piperazine rings is 1. The summed E-state index contributed by atoms with van der Waals surface area (Å²) in [5.41, 5.74) is 0.922. The van der Waals surface area contributed by atoms with E-state index in [4.69, 9.17) is 9.47 Å². The number of thiophene rings is 1. The van der Waals surface area contributed by atoms with E-state index in [1.807, 2.05) is 31.2 Å². The summed E-state index contributed by atoms with van der Waals surface area (Å²) in [5.74, 6) is 1.51. The van der Waals surface area contributed by atoms with Crippen molar-refractivity contribution in [2.24, 2.45) is 0 Å². The third-order valence-corrected chi connectivity index (χ3v) is 7.64. The van der Waals surface area contributed by atoms with Crippen molar-refractivity contribution in [1.82, 2.24) is 4.31 Å². The predicted molar refractivity (Wildman–Crippen MR) is 99.6 cm³/mol. The van der Waals surface area contributed by atoms with Crippen molar-refractivity contribution in [3.05, 3.63) is 35.2 Å². The zero-order valence-corrected chi connectivity index (χ0v) is 16.2. The van der Waals surface area contributed by atoms with Gasteiger partial charge >= 0.3 is 0 Å². The molecule has 2 aromatic rings. The van der Waals surface area contributed by atoms with Crippen molar-refractivity contribution >= 4 is 27.0 Å². The summed E-state index contributed by atoms with van der Waals surface area (Å²) < 4.78 is 38.2. The highest BCUT2D eigenvalue weighted by Crippen LogP contribution is 2.33. The summed E-state index contributed by atoms with van der Waals surface area (Å²) >= 11 is 1.32. The molecule has 2 heterocycles. The molecule has 136 valence electrons. The van der Waals surface area contributed by atoms with Crippen LogP contribution in [0, 0.1) is 6.92 Å². The number of anilines is 1. The number of rotatable bonds is 5. The maximum Gasteiger partial charge on any atom is 0.252 e. The van der Waals surface area contributed by atoms with E-state index in [-0.39, 0.29) is 0 Å². The van der Waals surface area contributed by atoms with Gasteiger partial charge in [0.25, 0.3) is 10.0 Å². The van der Waals surface area contributed by atoms with Gasteiger partial charge in [-0.3, -0.25) is 0 Å². The molecule has 0 aliphatic carbocycles. The smallest absolute Gasteiger partial charge is 0.252 e. The van der Waals surface area contributed by atoms with Crippen LogP contribution in [0.15, 0.2) is 34.5 Å². The number of sulfonamides is 1. The number of methoxy groups -OCH3 is 2. The number of hydrogen-bond donors (Lipinski definition) is 0. The van der Waals surface area contributed by atoms with Crippen molar-refractivity contribution in [3.8, 4) is 11.5 Å². The molecule has 6 nitrogen and oxygen atoms in total. The molecule has 0 N–H and O–H groups in total. The highest BCUT2D eigenvalue weighted by Gasteiger charge is 2.30. The van der Waals surface area contributed by atoms with E-state index in [0.29, 0.717) is 30.4 Å². The van der Waals surface area contributed by atoms with Gasteiger partial charge in [-0.1, -0.05) is 0 Å². The van der Waals surface area contributed by atoms with Gasteiger partial charge in [-0.2, -0.15) is 4.31 Å². The first-order valence-corrected chi connectivity index (χ1v) is 10.2. The van der Waals surface area contributed by atoms with Crippen LogP contribution in [-0.4, -0.2) is 53.1 Å². The van der Waals surface area contributed by atoms with Crippen LogP contribution >= 0.6 is 11.3 Å². The van der Waals surface area contributed by atoms with Gasteiger partial charge in [0.15, 0.2) is 0 Å². The molecule has 3 rings (SSSR count). The van der Waals surface area contributed by atoms with Crippen molar-refractivity contribution in [3.63, 3.8) is 0 Å². The summed E-state index contributed by atoms with van der Waals surface area (Å²) in [5, 5.41) is 0. The van der Waals surface area contributed by atoms with Gasteiger partial charge in [-0.15, -0.1) is 11.3 Å². The maximum absolute atomic E-state index is 12.7. The molecule has 0 saturated carbocycles. The second-order valence-corrected chi connectivity index (χ2v) is 9.25. The van der Waals surface area contributed by atoms with Gasteiger partial charge in [-0.05, 0) is 31.2 Å². The van der Waals surface area contributed by atoms with E-state index in [2.05, 4.69) is 4.90 Å². The monoisotopic (exact) mass is 382 g/mol. The Labute approximate surface area is 152 Å². The van der Waals surface area contributed by atoms with Crippen LogP contribution in [0.2, 0.25) is 0 Å². The Hall–Kier alpha value is -1.77. The molecule has 8 heteroatoms. The molecule has 0 amide bonds. The van der Waals surface area contributed by atoms with Crippen LogP contribution in [0.3, 0.4) is 0 Å². The topological polar surface area (TPSA) is 59.1 Å². The van der Waals surface area contributed by atoms with Crippen molar-refractivity contribution in [1.29, 1.82) is 0 Å². The molecule has 1 aliphatic heterocycles. The zero-order chi connectivity index (χ0) is 18.0. The van der Waals surface area contributed by atoms with E-state index < -0.39 is 10.0 Å². The predicted octanol–water partition coefficient (Wildman–Crippen LogP) is 2.58. The molecule has 1 fully saturated rings. The highest BCUT2D eigenvalue weighted by molar-refractivity contribution is 7.91. The molecular formula is C17H22N2O4S2. The van der Waals surface area contributed by atoms with Gasteiger partial charge in [0.1, 0.15) is 15.7 Å². The number of nitrogens with zero attached hydrogens (tertiary/aromatic N) is 2. The molecule has 0 unspecified atom stereocenters. The first-order chi connectivity index (χ1) is 12.0. The van der Waals surface area contributed by atoms with Gasteiger partial charge < -0.3 is 14.4 Å². The Kier molecular flexibility index (Phi) is 5.21. The van der Waals surface area contributed by atoms with Gasteiger partial charge in [-0.25, -0.2) is 8.42 Å². The molecule has 1 aromatic carbocycles. The van der Waals surface area contributed by atoms with Crippen LogP contribution in [0.1, 0.15) is 4.88 Å². The van der Waals surface area contributed by atoms with Crippen LogP contribution < -0.4 is 14.4 Å². The summed E-state index contributed by atoms with van der Waals surface area (Å²) in [6.45, 7) is 4.01. The minimum atomic E-state index is -3.41. The third kappa shape index (κ3) is 3.61. The Bertz CT molecular complexity index is 840. The second kappa shape index (κ2) is 7.23. The fraction of sp³-hybridized carbons (Fsp3) is 0.412. The first-order valence-electron chi connectivity index (χ1n) is 7.99. The van der Waals surface area contributed by atoms with Crippen molar-refractivity contribution in [2.75, 3.05) is 45.3 Å². The number of hydrogen-bond acceptors (Lipinski definition) is 6. The molecule has 1 aromatic heterocycles. The Balaban J connectivity index is 1.76. The van der Waals surface area contributed by atoms with Gasteiger partial charge in [0, 0.05) is 37.1 Å². The average molecular weight is 383 g/mol. The van der Waals surface area contributed by atoms with E-state index in [1.54, 1.807) is 24.6 Å². The number of aryl methyl sites for hydroxylation is 1. The maximum atomic E-state index is 12.7. The number of benzene rings is 1. The molecule has 1 saturated heterocycles. The summed E-state index contributed by atoms with van der Waals surface area (Å²) in [7, 11) is -0.152. The van der Waals surface area contributed by atoms with Crippen molar-refractivity contribution < 1.29 is 17.9 Å². The second-order valence-electron chi connectivity index (χ2n) is 5.79. The van der Waals surface area contributed by atoms with Gasteiger partial charge in [0.2, 0.25) is 0 Å². The third-order valence-electron chi connectivity index (χ3n) is 4.28. The molecule has 1 aliphatic rings. The lowest BCUT2D eigenvalue weighted by molar-refractivity contribution is 0.377. The molecule has 0 atom stereocenters. The molecule has 0 spiro atoms. The van der Waals surface area contributed by atoms with Crippen molar-refractivity contribution in [2.45, 2.75) is 11.1 Å². The fourth-order valence-electron chi connectivity index (χ4n) is 2.89. The summed E-state index contributed by atoms with van der Waals surface area (Å²) in [6.07, 6.45) is 0. The SMILES string of the molecule is COc1ccc(OC)c(N2CCN(S(=O)(=O)c3ccc(C)s3)CC2)c1. The molecule has 0 radical (unpaired) electrons. The van der Waals surface area contributed by atoms with Crippen LogP contribution in [0.25, 0.3) is 0 Å². The summed E-state index contributed by atoms with van der Waals surface area (Å²) in [4.78, 5) is 3.13. The Morgan fingerprint density at radius 3 is 2.28 bits per heavy atom. The molecular weight excluding hydrogens is 360 g/mol. The number of ether oxygens (including phenoxy) is 2. The Morgan fingerprint density at radius 2 is 1.72 bits per heavy atom. The summed E-state index contributed by atoms with van der Waals surface area (Å²) in [6, 6.07) is 9.17. The van der Waals surface area contributed by atoms with Crippen LogP contribution in [0.4, 0.5) is 5.69 Å². The average Bonchev–Trinajstić information content (AvgIpc) is 3.08. The standard InChI is InChI=1S/C17H22N2O4S2/c1-13-4-7-17(24-13)25(20,21)19-10-8-18(9-11-19)15-12-14(22-2)5-6-16(15)23-3/h4-7,12H,8-11H2,1-3H3. The van der Waals surface area contributed by atoms with Gasteiger partial charge in [0.05, 0.1) is 19.9 Å². The molecule has 0 bridgehead atoms. The fourth-order valence-corrected chi connectivity index (χ4v) is 5.75. The van der Waals surface area contributed by atoms with E-state index >= 15 is 0 Å². The minimum Gasteiger partial charge on any atom is -0.497 e. The lowest BCUT2D eigenvalue weighted by Crippen LogP contribution is -2.48.